The molecule has 0 aliphatic heterocycles. The van der Waals surface area contributed by atoms with Gasteiger partial charge in [0.05, 0.1) is 0 Å². The van der Waals surface area contributed by atoms with Gasteiger partial charge in [-0.3, -0.25) is 4.79 Å². The number of aliphatic carboxylic acids is 2. The Morgan fingerprint density at radius 3 is 2.10 bits per heavy atom. The predicted molar refractivity (Wildman–Crippen MR) is 81.3 cm³/mol. The summed E-state index contributed by atoms with van der Waals surface area (Å²) in [5, 5.41) is 19.8. The van der Waals surface area contributed by atoms with Gasteiger partial charge in [-0.2, -0.15) is 0 Å². The van der Waals surface area contributed by atoms with E-state index < -0.39 is 35.7 Å². The van der Waals surface area contributed by atoms with Gasteiger partial charge < -0.3 is 26.0 Å². The van der Waals surface area contributed by atoms with E-state index in [9.17, 15) is 14.4 Å². The van der Waals surface area contributed by atoms with Gasteiger partial charge in [0.25, 0.3) is 0 Å². The van der Waals surface area contributed by atoms with Gasteiger partial charge in [0, 0.05) is 11.5 Å². The summed E-state index contributed by atoms with van der Waals surface area (Å²) in [7, 11) is 2.25. The third-order valence-electron chi connectivity index (χ3n) is 1.87. The van der Waals surface area contributed by atoms with E-state index in [1.807, 2.05) is 0 Å². The molecule has 1 amide bonds. The quantitative estimate of drug-likeness (QED) is 0.372. The topological polar surface area (TPSA) is 139 Å². The molecule has 21 heavy (non-hydrogen) atoms. The number of nitrogens with two attached hydrogens (primary N) is 1. The van der Waals surface area contributed by atoms with Crippen molar-refractivity contribution < 1.29 is 29.3 Å². The minimum atomic E-state index is -1.20. The Hall–Kier alpha value is -1.13. The summed E-state index contributed by atoms with van der Waals surface area (Å²) in [6.07, 6.45) is -0.817. The number of carbonyl (C=O) groups excluding carboxylic acids is 1. The average Bonchev–Trinajstić information content (AvgIpc) is 2.29. The maximum atomic E-state index is 11.5. The van der Waals surface area contributed by atoms with Crippen LogP contribution in [0.25, 0.3) is 0 Å². The number of carbonyl (C=O) groups is 3. The van der Waals surface area contributed by atoms with Crippen LogP contribution in [0.4, 0.5) is 4.79 Å². The molecule has 0 aromatic carbocycles. The minimum absolute atomic E-state index is 0.0611. The fourth-order valence-electron chi connectivity index (χ4n) is 0.933. The highest BCUT2D eigenvalue weighted by atomic mass is 33.1. The van der Waals surface area contributed by atoms with Gasteiger partial charge in [0.2, 0.25) is 0 Å². The third-order valence-corrected chi connectivity index (χ3v) is 4.32. The second kappa shape index (κ2) is 9.00. The SMILES string of the molecule is CC(C)(C)OC(=O)N[C@@H](CSSC[C@H](N)C(=O)O)C(=O)O. The highest BCUT2D eigenvalue weighted by molar-refractivity contribution is 8.76. The fraction of sp³-hybridized carbons (Fsp3) is 0.727. The normalized spacial score (nSPS) is 14.1. The average molecular weight is 340 g/mol. The monoisotopic (exact) mass is 340 g/mol. The van der Waals surface area contributed by atoms with Crippen molar-refractivity contribution in [3.05, 3.63) is 0 Å². The van der Waals surface area contributed by atoms with Crippen molar-refractivity contribution in [1.29, 1.82) is 0 Å². The van der Waals surface area contributed by atoms with Crippen LogP contribution in [0.2, 0.25) is 0 Å². The summed E-state index contributed by atoms with van der Waals surface area (Å²) < 4.78 is 4.97. The summed E-state index contributed by atoms with van der Waals surface area (Å²) in [6, 6.07) is -2.14. The van der Waals surface area contributed by atoms with Crippen LogP contribution in [-0.4, -0.2) is 57.4 Å². The van der Waals surface area contributed by atoms with Gasteiger partial charge >= 0.3 is 18.0 Å². The lowest BCUT2D eigenvalue weighted by Gasteiger charge is -2.21. The molecule has 0 radical (unpaired) electrons. The van der Waals surface area contributed by atoms with Gasteiger partial charge in [0.15, 0.2) is 0 Å². The number of ether oxygens (including phenoxy) is 1. The van der Waals surface area contributed by atoms with Crippen molar-refractivity contribution in [2.24, 2.45) is 5.73 Å². The summed E-state index contributed by atoms with van der Waals surface area (Å²) in [5.74, 6) is -2.12. The Kier molecular flexibility index (Phi) is 8.52. The smallest absolute Gasteiger partial charge is 0.408 e. The lowest BCUT2D eigenvalue weighted by Crippen LogP contribution is -2.44. The summed E-state index contributed by atoms with van der Waals surface area (Å²) in [4.78, 5) is 33.0. The van der Waals surface area contributed by atoms with Gasteiger partial charge in [0.1, 0.15) is 17.7 Å². The molecule has 0 aromatic rings. The van der Waals surface area contributed by atoms with Gasteiger partial charge in [-0.05, 0) is 20.8 Å². The first-order valence-corrected chi connectivity index (χ1v) is 8.47. The van der Waals surface area contributed by atoms with E-state index in [0.717, 1.165) is 21.6 Å². The zero-order valence-electron chi connectivity index (χ0n) is 12.0. The largest absolute Gasteiger partial charge is 0.480 e. The molecule has 122 valence electrons. The predicted octanol–water partition coefficient (Wildman–Crippen LogP) is 0.758. The van der Waals surface area contributed by atoms with Crippen molar-refractivity contribution in [3.63, 3.8) is 0 Å². The van der Waals surface area contributed by atoms with Crippen LogP contribution < -0.4 is 11.1 Å². The van der Waals surface area contributed by atoms with Gasteiger partial charge in [-0.25, -0.2) is 9.59 Å². The van der Waals surface area contributed by atoms with E-state index in [4.69, 9.17) is 20.7 Å². The molecular formula is C11H20N2O6S2. The lowest BCUT2D eigenvalue weighted by molar-refractivity contribution is -0.139. The van der Waals surface area contributed by atoms with Crippen LogP contribution in [0, 0.1) is 0 Å². The van der Waals surface area contributed by atoms with Crippen molar-refractivity contribution in [1.82, 2.24) is 5.32 Å². The van der Waals surface area contributed by atoms with Crippen molar-refractivity contribution >= 4 is 39.6 Å². The first-order valence-electron chi connectivity index (χ1n) is 5.98. The second-order valence-corrected chi connectivity index (χ2v) is 7.60. The molecule has 0 spiro atoms. The van der Waals surface area contributed by atoms with Crippen molar-refractivity contribution in [3.8, 4) is 0 Å². The van der Waals surface area contributed by atoms with Crippen LogP contribution in [0.1, 0.15) is 20.8 Å². The molecule has 0 aliphatic rings. The standard InChI is InChI=1S/C11H20N2O6S2/c1-11(2,3)19-10(18)13-7(9(16)17)5-21-20-4-6(12)8(14)15/h6-7H,4-5,12H2,1-3H3,(H,13,18)(H,14,15)(H,16,17)/t6-,7-/m0/s1. The molecule has 5 N–H and O–H groups in total. The number of amides is 1. The highest BCUT2D eigenvalue weighted by Gasteiger charge is 2.24. The fourth-order valence-corrected chi connectivity index (χ4v) is 3.20. The van der Waals surface area contributed by atoms with Crippen LogP contribution >= 0.6 is 21.6 Å². The molecule has 0 rings (SSSR count). The number of hydrogen-bond donors (Lipinski definition) is 4. The molecule has 0 unspecified atom stereocenters. The van der Waals surface area contributed by atoms with E-state index in [2.05, 4.69) is 5.32 Å². The molecular weight excluding hydrogens is 320 g/mol. The number of carboxylic acids is 2. The molecule has 0 saturated carbocycles. The minimum Gasteiger partial charge on any atom is -0.480 e. The summed E-state index contributed by atoms with van der Waals surface area (Å²) >= 11 is 0. The Morgan fingerprint density at radius 2 is 1.67 bits per heavy atom. The molecule has 0 aromatic heterocycles. The molecule has 0 heterocycles. The van der Waals surface area contributed by atoms with Gasteiger partial charge in [-0.15, -0.1) is 0 Å². The van der Waals surface area contributed by atoms with E-state index in [-0.39, 0.29) is 11.5 Å². The maximum Gasteiger partial charge on any atom is 0.408 e. The Balaban J connectivity index is 4.18. The van der Waals surface area contributed by atoms with Crippen LogP contribution in [0.15, 0.2) is 0 Å². The third kappa shape index (κ3) is 10.3. The molecule has 10 heteroatoms. The molecule has 8 nitrogen and oxygen atoms in total. The van der Waals surface area contributed by atoms with Crippen LogP contribution in [-0.2, 0) is 14.3 Å². The maximum absolute atomic E-state index is 11.5. The Labute approximate surface area is 130 Å². The number of nitrogens with one attached hydrogen (secondary N) is 1. The summed E-state index contributed by atoms with van der Waals surface area (Å²) in [6.45, 7) is 5.00. The zero-order valence-corrected chi connectivity index (χ0v) is 13.6. The van der Waals surface area contributed by atoms with E-state index in [0.29, 0.717) is 0 Å². The lowest BCUT2D eigenvalue weighted by atomic mass is 10.2. The molecule has 0 saturated heterocycles. The van der Waals surface area contributed by atoms with Crippen molar-refractivity contribution in [2.45, 2.75) is 38.5 Å². The Morgan fingerprint density at radius 1 is 1.14 bits per heavy atom. The molecule has 0 bridgehead atoms. The van der Waals surface area contributed by atoms with Gasteiger partial charge in [-0.1, -0.05) is 21.6 Å². The zero-order chi connectivity index (χ0) is 16.6. The first kappa shape index (κ1) is 19.9. The molecule has 0 fully saturated rings. The number of alkyl carbamates (subject to hydrolysis) is 1. The van der Waals surface area contributed by atoms with E-state index in [1.54, 1.807) is 20.8 Å². The van der Waals surface area contributed by atoms with E-state index in [1.165, 1.54) is 0 Å². The van der Waals surface area contributed by atoms with Crippen LogP contribution in [0.3, 0.4) is 0 Å². The summed E-state index contributed by atoms with van der Waals surface area (Å²) in [5.41, 5.74) is 4.58. The molecule has 0 aliphatic carbocycles. The number of hydrogen-bond acceptors (Lipinski definition) is 7. The second-order valence-electron chi connectivity index (χ2n) is 5.05. The highest BCUT2D eigenvalue weighted by Crippen LogP contribution is 2.22. The van der Waals surface area contributed by atoms with Crippen molar-refractivity contribution in [2.75, 3.05) is 11.5 Å². The molecule has 2 atom stereocenters. The Bertz CT molecular complexity index is 385. The number of carboxylic acid groups (broad SMARTS) is 2. The van der Waals surface area contributed by atoms with E-state index >= 15 is 0 Å². The first-order chi connectivity index (χ1) is 9.53. The number of rotatable bonds is 8. The van der Waals surface area contributed by atoms with Crippen LogP contribution in [0.5, 0.6) is 0 Å².